The molecule has 1 aliphatic rings. The SMILES string of the molecule is CN1CCN=C1NCc1ccc(Cn2cccn2)cc1. The van der Waals surface area contributed by atoms with Crippen LogP contribution in [-0.2, 0) is 13.1 Å². The standard InChI is InChI=1S/C15H19N5/c1-19-10-8-16-15(19)17-11-13-3-5-14(6-4-13)12-20-9-2-7-18-20/h2-7,9H,8,10-12H2,1H3,(H,16,17). The van der Waals surface area contributed by atoms with Crippen LogP contribution in [0, 0.1) is 0 Å². The minimum atomic E-state index is 0.811. The van der Waals surface area contributed by atoms with Gasteiger partial charge in [-0.1, -0.05) is 24.3 Å². The number of hydrogen-bond acceptors (Lipinski definition) is 4. The van der Waals surface area contributed by atoms with Crippen LogP contribution in [0.3, 0.4) is 0 Å². The van der Waals surface area contributed by atoms with Gasteiger partial charge in [-0.2, -0.15) is 5.10 Å². The molecule has 0 saturated heterocycles. The van der Waals surface area contributed by atoms with Crippen LogP contribution in [-0.4, -0.2) is 40.8 Å². The maximum absolute atomic E-state index is 4.42. The normalized spacial score (nSPS) is 14.4. The second-order valence-corrected chi connectivity index (χ2v) is 5.00. The van der Waals surface area contributed by atoms with Gasteiger partial charge in [-0.25, -0.2) is 0 Å². The molecular weight excluding hydrogens is 250 g/mol. The zero-order valence-corrected chi connectivity index (χ0v) is 11.7. The maximum Gasteiger partial charge on any atom is 0.194 e. The highest BCUT2D eigenvalue weighted by atomic mass is 15.3. The van der Waals surface area contributed by atoms with E-state index < -0.39 is 0 Å². The van der Waals surface area contributed by atoms with Gasteiger partial charge in [0.05, 0.1) is 13.1 Å². The molecule has 1 aromatic carbocycles. The van der Waals surface area contributed by atoms with Gasteiger partial charge in [0.15, 0.2) is 5.96 Å². The Balaban J connectivity index is 1.56. The molecule has 0 fully saturated rings. The third-order valence-electron chi connectivity index (χ3n) is 3.44. The largest absolute Gasteiger partial charge is 0.352 e. The molecule has 0 saturated carbocycles. The van der Waals surface area contributed by atoms with Crippen molar-refractivity contribution < 1.29 is 0 Å². The molecule has 2 aromatic rings. The van der Waals surface area contributed by atoms with Gasteiger partial charge in [-0.3, -0.25) is 9.67 Å². The van der Waals surface area contributed by atoms with Crippen molar-refractivity contribution in [1.82, 2.24) is 20.0 Å². The number of nitrogens with zero attached hydrogens (tertiary/aromatic N) is 4. The van der Waals surface area contributed by atoms with Crippen LogP contribution in [0.4, 0.5) is 0 Å². The van der Waals surface area contributed by atoms with E-state index in [1.165, 1.54) is 11.1 Å². The van der Waals surface area contributed by atoms with Gasteiger partial charge in [0.2, 0.25) is 0 Å². The van der Waals surface area contributed by atoms with E-state index in [2.05, 4.69) is 51.6 Å². The van der Waals surface area contributed by atoms with Crippen molar-refractivity contribution in [3.8, 4) is 0 Å². The summed E-state index contributed by atoms with van der Waals surface area (Å²) in [6, 6.07) is 10.6. The quantitative estimate of drug-likeness (QED) is 0.910. The fraction of sp³-hybridized carbons (Fsp3) is 0.333. The van der Waals surface area contributed by atoms with E-state index in [9.17, 15) is 0 Å². The average molecular weight is 269 g/mol. The summed E-state index contributed by atoms with van der Waals surface area (Å²) >= 11 is 0. The predicted molar refractivity (Wildman–Crippen MR) is 79.5 cm³/mol. The molecule has 0 amide bonds. The van der Waals surface area contributed by atoms with E-state index in [0.717, 1.165) is 32.1 Å². The highest BCUT2D eigenvalue weighted by Crippen LogP contribution is 2.06. The molecule has 104 valence electrons. The molecular formula is C15H19N5. The lowest BCUT2D eigenvalue weighted by Gasteiger charge is -2.15. The van der Waals surface area contributed by atoms with Gasteiger partial charge in [-0.05, 0) is 17.2 Å². The molecule has 0 aliphatic carbocycles. The van der Waals surface area contributed by atoms with Crippen LogP contribution >= 0.6 is 0 Å². The van der Waals surface area contributed by atoms with Crippen molar-refractivity contribution in [3.63, 3.8) is 0 Å². The van der Waals surface area contributed by atoms with Crippen LogP contribution in [0.1, 0.15) is 11.1 Å². The lowest BCUT2D eigenvalue weighted by Crippen LogP contribution is -2.35. The summed E-state index contributed by atoms with van der Waals surface area (Å²) in [5, 5.41) is 7.59. The Morgan fingerprint density at radius 1 is 1.20 bits per heavy atom. The molecule has 3 rings (SSSR count). The third kappa shape index (κ3) is 2.99. The summed E-state index contributed by atoms with van der Waals surface area (Å²) in [7, 11) is 2.06. The number of hydrogen-bond donors (Lipinski definition) is 1. The maximum atomic E-state index is 4.42. The Morgan fingerprint density at radius 3 is 2.65 bits per heavy atom. The molecule has 0 spiro atoms. The molecule has 0 bridgehead atoms. The van der Waals surface area contributed by atoms with Crippen LogP contribution < -0.4 is 5.32 Å². The van der Waals surface area contributed by atoms with Gasteiger partial charge >= 0.3 is 0 Å². The fourth-order valence-corrected chi connectivity index (χ4v) is 2.25. The van der Waals surface area contributed by atoms with Crippen molar-refractivity contribution >= 4 is 5.96 Å². The van der Waals surface area contributed by atoms with Crippen LogP contribution in [0.25, 0.3) is 0 Å². The third-order valence-corrected chi connectivity index (χ3v) is 3.44. The monoisotopic (exact) mass is 269 g/mol. The minimum Gasteiger partial charge on any atom is -0.352 e. The second kappa shape index (κ2) is 5.77. The lowest BCUT2D eigenvalue weighted by atomic mass is 10.1. The van der Waals surface area contributed by atoms with E-state index in [1.807, 2.05) is 16.9 Å². The molecule has 1 N–H and O–H groups in total. The molecule has 20 heavy (non-hydrogen) atoms. The minimum absolute atomic E-state index is 0.811. The van der Waals surface area contributed by atoms with Gasteiger partial charge in [0, 0.05) is 32.5 Å². The fourth-order valence-electron chi connectivity index (χ4n) is 2.25. The van der Waals surface area contributed by atoms with Crippen molar-refractivity contribution in [2.75, 3.05) is 20.1 Å². The molecule has 0 unspecified atom stereocenters. The highest BCUT2D eigenvalue weighted by Gasteiger charge is 2.10. The van der Waals surface area contributed by atoms with Crippen LogP contribution in [0.5, 0.6) is 0 Å². The van der Waals surface area contributed by atoms with Gasteiger partial charge < -0.3 is 10.2 Å². The summed E-state index contributed by atoms with van der Waals surface area (Å²) in [6.45, 7) is 3.52. The first-order valence-corrected chi connectivity index (χ1v) is 6.86. The van der Waals surface area contributed by atoms with Gasteiger partial charge in [0.1, 0.15) is 0 Å². The van der Waals surface area contributed by atoms with E-state index in [4.69, 9.17) is 0 Å². The topological polar surface area (TPSA) is 45.5 Å². The van der Waals surface area contributed by atoms with Crippen molar-refractivity contribution in [2.24, 2.45) is 4.99 Å². The van der Waals surface area contributed by atoms with Crippen LogP contribution in [0.2, 0.25) is 0 Å². The van der Waals surface area contributed by atoms with Crippen LogP contribution in [0.15, 0.2) is 47.7 Å². The van der Waals surface area contributed by atoms with Gasteiger partial charge in [-0.15, -0.1) is 0 Å². The van der Waals surface area contributed by atoms with Crippen molar-refractivity contribution in [1.29, 1.82) is 0 Å². The zero-order valence-electron chi connectivity index (χ0n) is 11.7. The molecule has 1 aromatic heterocycles. The van der Waals surface area contributed by atoms with Crippen molar-refractivity contribution in [3.05, 3.63) is 53.9 Å². The average Bonchev–Trinajstić information content (AvgIpc) is 3.10. The Bertz CT molecular complexity index is 571. The smallest absolute Gasteiger partial charge is 0.194 e. The first kappa shape index (κ1) is 12.7. The summed E-state index contributed by atoms with van der Waals surface area (Å²) in [6.07, 6.45) is 3.78. The molecule has 0 radical (unpaired) electrons. The molecule has 5 nitrogen and oxygen atoms in total. The number of aromatic nitrogens is 2. The predicted octanol–water partition coefficient (Wildman–Crippen LogP) is 1.32. The number of guanidine groups is 1. The first-order valence-electron chi connectivity index (χ1n) is 6.86. The lowest BCUT2D eigenvalue weighted by molar-refractivity contribution is 0.534. The van der Waals surface area contributed by atoms with Gasteiger partial charge in [0.25, 0.3) is 0 Å². The van der Waals surface area contributed by atoms with E-state index in [1.54, 1.807) is 6.20 Å². The molecule has 1 aliphatic heterocycles. The Hall–Kier alpha value is -2.30. The Kier molecular flexibility index (Phi) is 3.67. The highest BCUT2D eigenvalue weighted by molar-refractivity contribution is 5.81. The number of benzene rings is 1. The number of rotatable bonds is 4. The summed E-state index contributed by atoms with van der Waals surface area (Å²) in [4.78, 5) is 6.56. The summed E-state index contributed by atoms with van der Waals surface area (Å²) < 4.78 is 1.93. The molecule has 5 heteroatoms. The summed E-state index contributed by atoms with van der Waals surface area (Å²) in [5.41, 5.74) is 2.52. The molecule has 2 heterocycles. The Labute approximate surface area is 118 Å². The van der Waals surface area contributed by atoms with Crippen molar-refractivity contribution in [2.45, 2.75) is 13.1 Å². The number of aliphatic imine (C=N–C) groups is 1. The second-order valence-electron chi connectivity index (χ2n) is 5.00. The van der Waals surface area contributed by atoms with E-state index in [0.29, 0.717) is 0 Å². The number of likely N-dealkylation sites (N-methyl/N-ethyl adjacent to an activating group) is 1. The van der Waals surface area contributed by atoms with E-state index >= 15 is 0 Å². The summed E-state index contributed by atoms with van der Waals surface area (Å²) in [5.74, 6) is 0.991. The first-order chi connectivity index (χ1) is 9.81. The number of nitrogens with one attached hydrogen (secondary N) is 1. The Morgan fingerprint density at radius 2 is 2.00 bits per heavy atom. The van der Waals surface area contributed by atoms with E-state index in [-0.39, 0.29) is 0 Å². The zero-order chi connectivity index (χ0) is 13.8. The molecule has 0 atom stereocenters.